The Labute approximate surface area is 41.7 Å². The molecule has 0 aromatic heterocycles. The lowest BCUT2D eigenvalue weighted by atomic mass is 10.9. The van der Waals surface area contributed by atoms with Crippen LogP contribution in [0.4, 0.5) is 0 Å². The van der Waals surface area contributed by atoms with Crippen molar-refractivity contribution in [2.24, 2.45) is 0 Å². The zero-order valence-electron chi connectivity index (χ0n) is 3.64. The molecule has 1 radical (unpaired) electrons. The summed E-state index contributed by atoms with van der Waals surface area (Å²) in [4.78, 5) is 0. The van der Waals surface area contributed by atoms with Crippen LogP contribution in [0.5, 0.6) is 0 Å². The molecular formula is C4H7OS. The van der Waals surface area contributed by atoms with Crippen LogP contribution < -0.4 is 0 Å². The van der Waals surface area contributed by atoms with E-state index in [1.165, 1.54) is 0 Å². The van der Waals surface area contributed by atoms with Crippen molar-refractivity contribution in [3.63, 3.8) is 0 Å². The minimum atomic E-state index is 0.491. The van der Waals surface area contributed by atoms with Crippen molar-refractivity contribution in [1.82, 2.24) is 0 Å². The molecule has 1 aliphatic rings. The lowest BCUT2D eigenvalue weighted by Crippen LogP contribution is -1.71. The van der Waals surface area contributed by atoms with E-state index >= 15 is 0 Å². The smallest absolute Gasteiger partial charge is 0.107 e. The van der Waals surface area contributed by atoms with Crippen molar-refractivity contribution < 1.29 is 5.11 Å². The van der Waals surface area contributed by atoms with Gasteiger partial charge in [-0.25, -0.2) is 0 Å². The normalized spacial score (nSPS) is 34.0. The minimum Gasteiger partial charge on any atom is -0.386 e. The summed E-state index contributed by atoms with van der Waals surface area (Å²) >= 11 is 1.71. The summed E-state index contributed by atoms with van der Waals surface area (Å²) in [7, 11) is 0. The van der Waals surface area contributed by atoms with Gasteiger partial charge in [0.25, 0.3) is 0 Å². The first-order valence-corrected chi connectivity index (χ1v) is 3.21. The predicted molar refractivity (Wildman–Crippen MR) is 27.1 cm³/mol. The number of hydrogen-bond donors (Lipinski definition) is 1. The highest BCUT2D eigenvalue weighted by molar-refractivity contribution is 7.99. The molecule has 0 heterocycles. The summed E-state index contributed by atoms with van der Waals surface area (Å²) in [6, 6.07) is 0. The van der Waals surface area contributed by atoms with Crippen molar-refractivity contribution >= 4 is 11.8 Å². The van der Waals surface area contributed by atoms with Gasteiger partial charge >= 0.3 is 0 Å². The van der Waals surface area contributed by atoms with Crippen LogP contribution in [-0.2, 0) is 0 Å². The fourth-order valence-electron chi connectivity index (χ4n) is 0.350. The molecule has 1 atom stereocenters. The third-order valence-electron chi connectivity index (χ3n) is 0.891. The zero-order chi connectivity index (χ0) is 4.57. The summed E-state index contributed by atoms with van der Waals surface area (Å²) in [6.07, 6.45) is 3.61. The standard InChI is InChI=1S/C4H7OS/c1-6-4-2-3(4)5/h4-5H,2H2,1H3. The van der Waals surface area contributed by atoms with Crippen molar-refractivity contribution in [3.05, 3.63) is 6.10 Å². The second-order valence-corrected chi connectivity index (χ2v) is 2.46. The molecule has 1 N–H and O–H groups in total. The van der Waals surface area contributed by atoms with Crippen molar-refractivity contribution in [3.8, 4) is 0 Å². The van der Waals surface area contributed by atoms with E-state index in [9.17, 15) is 0 Å². The topological polar surface area (TPSA) is 20.2 Å². The Morgan fingerprint density at radius 3 is 2.50 bits per heavy atom. The van der Waals surface area contributed by atoms with Crippen LogP contribution in [0.25, 0.3) is 0 Å². The van der Waals surface area contributed by atoms with Gasteiger partial charge in [-0.1, -0.05) is 0 Å². The van der Waals surface area contributed by atoms with Gasteiger partial charge in [-0.05, 0) is 12.7 Å². The van der Waals surface area contributed by atoms with Gasteiger partial charge in [-0.3, -0.25) is 0 Å². The number of aliphatic hydroxyl groups excluding tert-OH is 1. The highest BCUT2D eigenvalue weighted by atomic mass is 32.2. The molecule has 6 heavy (non-hydrogen) atoms. The number of aliphatic hydroxyl groups is 1. The molecule has 0 aromatic rings. The fraction of sp³-hybridized carbons (Fsp3) is 0.750. The van der Waals surface area contributed by atoms with Gasteiger partial charge in [-0.2, -0.15) is 11.8 Å². The number of rotatable bonds is 1. The lowest BCUT2D eigenvalue weighted by molar-refractivity contribution is 0.377. The molecule has 0 aliphatic heterocycles. The van der Waals surface area contributed by atoms with E-state index in [2.05, 4.69) is 0 Å². The molecule has 0 spiro atoms. The predicted octanol–water partition coefficient (Wildman–Crippen LogP) is 1.03. The van der Waals surface area contributed by atoms with Gasteiger partial charge in [0, 0.05) is 5.25 Å². The monoisotopic (exact) mass is 103 g/mol. The molecule has 35 valence electrons. The SMILES string of the molecule is CSC1C[C]1O. The van der Waals surface area contributed by atoms with Gasteiger partial charge in [0.15, 0.2) is 0 Å². The molecule has 1 saturated carbocycles. The van der Waals surface area contributed by atoms with Crippen molar-refractivity contribution in [1.29, 1.82) is 0 Å². The van der Waals surface area contributed by atoms with E-state index in [0.717, 1.165) is 6.42 Å². The first kappa shape index (κ1) is 4.47. The van der Waals surface area contributed by atoms with Crippen molar-refractivity contribution in [2.45, 2.75) is 11.7 Å². The summed E-state index contributed by atoms with van der Waals surface area (Å²) in [5.41, 5.74) is 0. The van der Waals surface area contributed by atoms with Crippen LogP contribution in [0, 0.1) is 6.10 Å². The minimum absolute atomic E-state index is 0.491. The van der Waals surface area contributed by atoms with E-state index in [1.807, 2.05) is 6.26 Å². The molecule has 2 heteroatoms. The molecule has 1 nitrogen and oxygen atoms in total. The molecule has 0 bridgehead atoms. The van der Waals surface area contributed by atoms with Crippen LogP contribution in [0.15, 0.2) is 0 Å². The Hall–Kier alpha value is 0.310. The molecule has 1 unspecified atom stereocenters. The average molecular weight is 103 g/mol. The van der Waals surface area contributed by atoms with Gasteiger partial charge < -0.3 is 5.11 Å². The largest absolute Gasteiger partial charge is 0.386 e. The molecule has 0 amide bonds. The number of hydrogen-bond acceptors (Lipinski definition) is 2. The van der Waals surface area contributed by atoms with Crippen LogP contribution in [0.2, 0.25) is 0 Å². The number of thioether (sulfide) groups is 1. The van der Waals surface area contributed by atoms with Gasteiger partial charge in [0.1, 0.15) is 6.10 Å². The van der Waals surface area contributed by atoms with Gasteiger partial charge in [0.2, 0.25) is 0 Å². The molecule has 1 fully saturated rings. The molecule has 0 aromatic carbocycles. The van der Waals surface area contributed by atoms with E-state index < -0.39 is 0 Å². The van der Waals surface area contributed by atoms with E-state index in [4.69, 9.17) is 5.11 Å². The molecular weight excluding hydrogens is 96.1 g/mol. The first-order valence-electron chi connectivity index (χ1n) is 1.92. The van der Waals surface area contributed by atoms with E-state index in [-0.39, 0.29) is 0 Å². The second kappa shape index (κ2) is 1.43. The van der Waals surface area contributed by atoms with Gasteiger partial charge in [-0.15, -0.1) is 0 Å². The lowest BCUT2D eigenvalue weighted by Gasteiger charge is -1.78. The Morgan fingerprint density at radius 2 is 2.50 bits per heavy atom. The van der Waals surface area contributed by atoms with Crippen molar-refractivity contribution in [2.75, 3.05) is 6.26 Å². The highest BCUT2D eigenvalue weighted by Crippen LogP contribution is 2.39. The Balaban J connectivity index is 2.09. The van der Waals surface area contributed by atoms with Gasteiger partial charge in [0.05, 0.1) is 0 Å². The van der Waals surface area contributed by atoms with Crippen LogP contribution in [0.1, 0.15) is 6.42 Å². The highest BCUT2D eigenvalue weighted by Gasteiger charge is 2.35. The average Bonchev–Trinajstić information content (AvgIpc) is 2.19. The zero-order valence-corrected chi connectivity index (χ0v) is 4.46. The van der Waals surface area contributed by atoms with E-state index in [0.29, 0.717) is 11.4 Å². The Kier molecular flexibility index (Phi) is 1.06. The second-order valence-electron chi connectivity index (χ2n) is 1.42. The summed E-state index contributed by atoms with van der Waals surface area (Å²) in [5, 5.41) is 9.01. The molecule has 1 aliphatic carbocycles. The maximum Gasteiger partial charge on any atom is 0.107 e. The summed E-state index contributed by atoms with van der Waals surface area (Å²) < 4.78 is 0. The van der Waals surface area contributed by atoms with E-state index in [1.54, 1.807) is 11.8 Å². The fourth-order valence-corrected chi connectivity index (χ4v) is 0.960. The maximum absolute atomic E-state index is 8.52. The Bertz CT molecular complexity index is 53.5. The first-order chi connectivity index (χ1) is 2.84. The Morgan fingerprint density at radius 1 is 2.00 bits per heavy atom. The third kappa shape index (κ3) is 0.684. The van der Waals surface area contributed by atoms with Crippen LogP contribution in [-0.4, -0.2) is 16.6 Å². The third-order valence-corrected chi connectivity index (χ3v) is 1.90. The quantitative estimate of drug-likeness (QED) is 0.534. The summed E-state index contributed by atoms with van der Waals surface area (Å²) in [6.45, 7) is 0. The molecule has 1 rings (SSSR count). The van der Waals surface area contributed by atoms with Crippen LogP contribution >= 0.6 is 11.8 Å². The van der Waals surface area contributed by atoms with Crippen LogP contribution in [0.3, 0.4) is 0 Å². The maximum atomic E-state index is 8.52. The summed E-state index contributed by atoms with van der Waals surface area (Å²) in [5.74, 6) is 0. The molecule has 0 saturated heterocycles.